The lowest BCUT2D eigenvalue weighted by molar-refractivity contribution is -0.157. The smallest absolute Gasteiger partial charge is 0.311 e. The zero-order valence-corrected chi connectivity index (χ0v) is 15.1. The number of fused-ring (bicyclic) bond motifs is 1. The Morgan fingerprint density at radius 3 is 2.92 bits per heavy atom. The molecule has 0 unspecified atom stereocenters. The molecular formula is C18H21ClN2O5. The van der Waals surface area contributed by atoms with Crippen molar-refractivity contribution in [1.82, 2.24) is 9.88 Å². The summed E-state index contributed by atoms with van der Waals surface area (Å²) in [6, 6.07) is 1.55. The largest absolute Gasteiger partial charge is 0.481 e. The maximum absolute atomic E-state index is 12.8. The predicted molar refractivity (Wildman–Crippen MR) is 92.4 cm³/mol. The van der Waals surface area contributed by atoms with Crippen LogP contribution in [0.2, 0.25) is 5.02 Å². The molecule has 2 saturated heterocycles. The summed E-state index contributed by atoms with van der Waals surface area (Å²) in [6.45, 7) is 1.92. The van der Waals surface area contributed by atoms with Gasteiger partial charge in [-0.1, -0.05) is 11.6 Å². The van der Waals surface area contributed by atoms with Crippen LogP contribution in [0.5, 0.6) is 5.88 Å². The average Bonchev–Trinajstić information content (AvgIpc) is 3.37. The molecule has 0 spiro atoms. The SMILES string of the molecule is O=C(c1cnc(OCC2CC2)c(Cl)c1)N1C[C@H]2COCC[C@@]2(C(=O)O)C1. The number of carboxylic acids is 1. The lowest BCUT2D eigenvalue weighted by Crippen LogP contribution is -2.45. The highest BCUT2D eigenvalue weighted by Crippen LogP contribution is 2.43. The minimum absolute atomic E-state index is 0.187. The number of pyridine rings is 1. The number of halogens is 1. The van der Waals surface area contributed by atoms with Gasteiger partial charge in [0.15, 0.2) is 0 Å². The zero-order chi connectivity index (χ0) is 18.3. The van der Waals surface area contributed by atoms with Crippen molar-refractivity contribution in [2.45, 2.75) is 19.3 Å². The van der Waals surface area contributed by atoms with Crippen LogP contribution < -0.4 is 4.74 Å². The van der Waals surface area contributed by atoms with Gasteiger partial charge in [0, 0.05) is 31.8 Å². The fourth-order valence-corrected chi connectivity index (χ4v) is 3.99. The van der Waals surface area contributed by atoms with E-state index in [0.717, 1.165) is 0 Å². The Labute approximate surface area is 156 Å². The summed E-state index contributed by atoms with van der Waals surface area (Å²) in [7, 11) is 0. The molecule has 1 aromatic rings. The monoisotopic (exact) mass is 380 g/mol. The van der Waals surface area contributed by atoms with Crippen LogP contribution in [0.1, 0.15) is 29.6 Å². The highest BCUT2D eigenvalue weighted by Gasteiger charge is 2.55. The second-order valence-electron chi connectivity index (χ2n) is 7.43. The molecule has 26 heavy (non-hydrogen) atoms. The summed E-state index contributed by atoms with van der Waals surface area (Å²) in [5.41, 5.74) is -0.577. The van der Waals surface area contributed by atoms with E-state index >= 15 is 0 Å². The summed E-state index contributed by atoms with van der Waals surface area (Å²) in [5.74, 6) is -0.399. The molecule has 4 rings (SSSR count). The number of aromatic nitrogens is 1. The molecule has 3 fully saturated rings. The van der Waals surface area contributed by atoms with Gasteiger partial charge in [0.2, 0.25) is 5.88 Å². The van der Waals surface area contributed by atoms with Crippen LogP contribution in [-0.2, 0) is 9.53 Å². The van der Waals surface area contributed by atoms with Crippen molar-refractivity contribution in [3.63, 3.8) is 0 Å². The fraction of sp³-hybridized carbons (Fsp3) is 0.611. The molecular weight excluding hydrogens is 360 g/mol. The van der Waals surface area contributed by atoms with E-state index in [-0.39, 0.29) is 18.4 Å². The summed E-state index contributed by atoms with van der Waals surface area (Å²) in [4.78, 5) is 30.4. The Morgan fingerprint density at radius 2 is 2.27 bits per heavy atom. The third-order valence-corrected chi connectivity index (χ3v) is 5.90. The van der Waals surface area contributed by atoms with E-state index in [1.54, 1.807) is 11.0 Å². The van der Waals surface area contributed by atoms with E-state index in [1.807, 2.05) is 0 Å². The number of hydrogen-bond donors (Lipinski definition) is 1. The number of carbonyl (C=O) groups excluding carboxylic acids is 1. The van der Waals surface area contributed by atoms with E-state index in [1.165, 1.54) is 19.0 Å². The molecule has 140 valence electrons. The van der Waals surface area contributed by atoms with Gasteiger partial charge in [-0.3, -0.25) is 9.59 Å². The highest BCUT2D eigenvalue weighted by atomic mass is 35.5. The van der Waals surface area contributed by atoms with Crippen molar-refractivity contribution < 1.29 is 24.2 Å². The van der Waals surface area contributed by atoms with Crippen molar-refractivity contribution in [3.05, 3.63) is 22.8 Å². The Morgan fingerprint density at radius 1 is 1.46 bits per heavy atom. The Bertz CT molecular complexity index is 738. The third-order valence-electron chi connectivity index (χ3n) is 5.63. The van der Waals surface area contributed by atoms with E-state index in [2.05, 4.69) is 4.98 Å². The van der Waals surface area contributed by atoms with Gasteiger partial charge >= 0.3 is 5.97 Å². The summed E-state index contributed by atoms with van der Waals surface area (Å²) in [6.07, 6.45) is 4.20. The first-order valence-corrected chi connectivity index (χ1v) is 9.26. The molecule has 0 aromatic carbocycles. The summed E-state index contributed by atoms with van der Waals surface area (Å²) >= 11 is 6.21. The molecule has 0 bridgehead atoms. The van der Waals surface area contributed by atoms with Gasteiger partial charge < -0.3 is 19.5 Å². The van der Waals surface area contributed by atoms with E-state index < -0.39 is 11.4 Å². The molecule has 2 aliphatic heterocycles. The Kier molecular flexibility index (Phi) is 4.52. The molecule has 3 aliphatic rings. The van der Waals surface area contributed by atoms with Crippen LogP contribution in [0.4, 0.5) is 0 Å². The topological polar surface area (TPSA) is 89.0 Å². The van der Waals surface area contributed by atoms with Gasteiger partial charge in [0.05, 0.1) is 24.2 Å². The number of rotatable bonds is 5. The lowest BCUT2D eigenvalue weighted by atomic mass is 9.74. The molecule has 1 N–H and O–H groups in total. The number of nitrogens with zero attached hydrogens (tertiary/aromatic N) is 2. The average molecular weight is 381 g/mol. The summed E-state index contributed by atoms with van der Waals surface area (Å²) < 4.78 is 11.0. The minimum Gasteiger partial charge on any atom is -0.481 e. The van der Waals surface area contributed by atoms with Gasteiger partial charge in [-0.25, -0.2) is 4.98 Å². The van der Waals surface area contributed by atoms with E-state index in [9.17, 15) is 14.7 Å². The fourth-order valence-electron chi connectivity index (χ4n) is 3.77. The van der Waals surface area contributed by atoms with Gasteiger partial charge in [-0.05, 0) is 31.2 Å². The van der Waals surface area contributed by atoms with Crippen LogP contribution in [0.3, 0.4) is 0 Å². The molecule has 3 heterocycles. The van der Waals surface area contributed by atoms with Crippen molar-refractivity contribution in [2.24, 2.45) is 17.3 Å². The van der Waals surface area contributed by atoms with Gasteiger partial charge in [0.1, 0.15) is 5.02 Å². The first-order chi connectivity index (χ1) is 12.5. The molecule has 7 nitrogen and oxygen atoms in total. The number of ether oxygens (including phenoxy) is 2. The van der Waals surface area contributed by atoms with Crippen molar-refractivity contribution in [2.75, 3.05) is 32.9 Å². The van der Waals surface area contributed by atoms with Crippen LogP contribution in [0.15, 0.2) is 12.3 Å². The van der Waals surface area contributed by atoms with Crippen molar-refractivity contribution in [1.29, 1.82) is 0 Å². The van der Waals surface area contributed by atoms with Crippen molar-refractivity contribution >= 4 is 23.5 Å². The number of aliphatic carboxylic acids is 1. The van der Waals surface area contributed by atoms with Gasteiger partial charge in [-0.2, -0.15) is 0 Å². The first kappa shape index (κ1) is 17.5. The number of carboxylic acid groups (broad SMARTS) is 1. The molecule has 1 aromatic heterocycles. The molecule has 1 amide bonds. The van der Waals surface area contributed by atoms with E-state index in [4.69, 9.17) is 21.1 Å². The highest BCUT2D eigenvalue weighted by molar-refractivity contribution is 6.32. The maximum Gasteiger partial charge on any atom is 0.311 e. The number of hydrogen-bond acceptors (Lipinski definition) is 5. The molecule has 8 heteroatoms. The molecule has 1 saturated carbocycles. The molecule has 2 atom stereocenters. The number of likely N-dealkylation sites (tertiary alicyclic amines) is 1. The Hall–Kier alpha value is -1.86. The third kappa shape index (κ3) is 3.14. The van der Waals surface area contributed by atoms with E-state index in [0.29, 0.717) is 55.2 Å². The number of amides is 1. The summed E-state index contributed by atoms with van der Waals surface area (Å²) in [5, 5.41) is 10.0. The normalized spacial score (nSPS) is 27.9. The second kappa shape index (κ2) is 6.70. The maximum atomic E-state index is 12.8. The van der Waals surface area contributed by atoms with Crippen LogP contribution in [-0.4, -0.2) is 59.8 Å². The molecule has 0 radical (unpaired) electrons. The van der Waals surface area contributed by atoms with Gasteiger partial charge in [0.25, 0.3) is 5.91 Å². The van der Waals surface area contributed by atoms with Crippen LogP contribution in [0, 0.1) is 17.3 Å². The van der Waals surface area contributed by atoms with Crippen molar-refractivity contribution in [3.8, 4) is 5.88 Å². The molecule has 1 aliphatic carbocycles. The predicted octanol–water partition coefficient (Wildman–Crippen LogP) is 2.09. The minimum atomic E-state index is -0.918. The van der Waals surface area contributed by atoms with Gasteiger partial charge in [-0.15, -0.1) is 0 Å². The second-order valence-corrected chi connectivity index (χ2v) is 7.84. The zero-order valence-electron chi connectivity index (χ0n) is 14.3. The lowest BCUT2D eigenvalue weighted by Gasteiger charge is -2.33. The van der Waals surface area contributed by atoms with Crippen LogP contribution >= 0.6 is 11.6 Å². The standard InChI is InChI=1S/C18H21ClN2O5/c19-14-5-12(6-20-15(14)26-8-11-1-2-11)16(22)21-7-13-9-25-4-3-18(13,10-21)17(23)24/h5-6,11,13H,1-4,7-10H2,(H,23,24)/t13-,18+/m0/s1. The Balaban J connectivity index is 1.49. The first-order valence-electron chi connectivity index (χ1n) is 8.88. The van der Waals surface area contributed by atoms with Crippen LogP contribution in [0.25, 0.3) is 0 Å². The number of carbonyl (C=O) groups is 2. The quantitative estimate of drug-likeness (QED) is 0.841.